The average Bonchev–Trinajstić information content (AvgIpc) is 2.76. The predicted molar refractivity (Wildman–Crippen MR) is 133 cm³/mol. The summed E-state index contributed by atoms with van der Waals surface area (Å²) < 4.78 is 0. The van der Waals surface area contributed by atoms with Gasteiger partial charge in [-0.1, -0.05) is 33.8 Å². The maximum Gasteiger partial charge on any atom is 0.326 e. The van der Waals surface area contributed by atoms with Crippen LogP contribution >= 0.6 is 0 Å². The van der Waals surface area contributed by atoms with Crippen LogP contribution in [0.25, 0.3) is 0 Å². The van der Waals surface area contributed by atoms with E-state index in [4.69, 9.17) is 0 Å². The Bertz CT molecular complexity index is 855. The molecule has 1 fully saturated rings. The highest BCUT2D eigenvalue weighted by atomic mass is 16.4. The third-order valence-corrected chi connectivity index (χ3v) is 5.79. The fourth-order valence-corrected chi connectivity index (χ4v) is 3.98. The summed E-state index contributed by atoms with van der Waals surface area (Å²) in [7, 11) is 0. The van der Waals surface area contributed by atoms with Gasteiger partial charge in [0.15, 0.2) is 5.78 Å². The molecule has 202 valence electrons. The zero-order valence-corrected chi connectivity index (χ0v) is 21.8. The number of carbonyl (C=O) groups is 6. The van der Waals surface area contributed by atoms with Gasteiger partial charge in [-0.3, -0.25) is 24.0 Å². The highest BCUT2D eigenvalue weighted by molar-refractivity contribution is 5.99. The number of hydrogen-bond donors (Lipinski definition) is 4. The number of nitrogens with zero attached hydrogens (tertiary/aromatic N) is 1. The fraction of sp³-hybridized carbons (Fsp3) is 0.680. The van der Waals surface area contributed by atoms with E-state index in [1.807, 2.05) is 27.7 Å². The zero-order valence-electron chi connectivity index (χ0n) is 21.8. The normalized spacial score (nSPS) is 18.4. The molecule has 1 aliphatic rings. The summed E-state index contributed by atoms with van der Waals surface area (Å²) >= 11 is 0. The molecule has 0 radical (unpaired) electrons. The first-order chi connectivity index (χ1) is 16.8. The van der Waals surface area contributed by atoms with E-state index in [1.54, 1.807) is 0 Å². The van der Waals surface area contributed by atoms with Gasteiger partial charge in [-0.2, -0.15) is 0 Å². The minimum absolute atomic E-state index is 0.0165. The molecule has 0 bridgehead atoms. The van der Waals surface area contributed by atoms with Crippen molar-refractivity contribution in [3.05, 3.63) is 12.7 Å². The lowest BCUT2D eigenvalue weighted by molar-refractivity contribution is -0.146. The summed E-state index contributed by atoms with van der Waals surface area (Å²) in [6.45, 7) is 12.5. The Labute approximate surface area is 212 Å². The number of rotatable bonds is 14. The lowest BCUT2D eigenvalue weighted by Gasteiger charge is -2.33. The molecule has 0 spiro atoms. The first-order valence-corrected chi connectivity index (χ1v) is 12.3. The SMILES string of the molecule is C=CCN1C(=O)CCC(=O)C1CC(=O)N[C@@H](CC(C)C)C(=O)N[C@@H](C)C(=O)N[C@@H](CC(C)C)C(=O)O. The molecule has 1 saturated heterocycles. The van der Waals surface area contributed by atoms with Crippen LogP contribution in [0, 0.1) is 11.8 Å². The van der Waals surface area contributed by atoms with Gasteiger partial charge in [-0.25, -0.2) is 4.79 Å². The van der Waals surface area contributed by atoms with Gasteiger partial charge < -0.3 is 26.0 Å². The van der Waals surface area contributed by atoms with Crippen molar-refractivity contribution < 1.29 is 33.9 Å². The smallest absolute Gasteiger partial charge is 0.326 e. The minimum Gasteiger partial charge on any atom is -0.480 e. The summed E-state index contributed by atoms with van der Waals surface area (Å²) in [4.78, 5) is 75.6. The molecule has 0 aromatic rings. The van der Waals surface area contributed by atoms with Gasteiger partial charge in [0, 0.05) is 19.4 Å². The van der Waals surface area contributed by atoms with Crippen LogP contribution in [0.5, 0.6) is 0 Å². The van der Waals surface area contributed by atoms with Crippen LogP contribution in [-0.4, -0.2) is 76.1 Å². The van der Waals surface area contributed by atoms with Gasteiger partial charge in [-0.15, -0.1) is 6.58 Å². The van der Waals surface area contributed by atoms with Crippen LogP contribution in [0.3, 0.4) is 0 Å². The summed E-state index contributed by atoms with van der Waals surface area (Å²) in [6.07, 6.45) is 1.85. The van der Waals surface area contributed by atoms with Gasteiger partial charge >= 0.3 is 5.97 Å². The maximum atomic E-state index is 12.9. The number of hydrogen-bond acceptors (Lipinski definition) is 6. The van der Waals surface area contributed by atoms with E-state index in [-0.39, 0.29) is 62.2 Å². The third kappa shape index (κ3) is 9.79. The third-order valence-electron chi connectivity index (χ3n) is 5.79. The lowest BCUT2D eigenvalue weighted by atomic mass is 9.96. The standard InChI is InChI=1S/C25H40N4O7/c1-7-10-29-19(20(30)8-9-22(29)32)13-21(31)27-17(11-14(2)3)24(34)26-16(6)23(33)28-18(25(35)36)12-15(4)5/h7,14-19H,1,8-13H2,2-6H3,(H,26,34)(H,27,31)(H,28,33)(H,35,36)/t16-,17-,18-,19?/m0/s1. The molecular weight excluding hydrogens is 468 g/mol. The molecule has 4 N–H and O–H groups in total. The molecule has 1 rings (SSSR count). The number of aliphatic carboxylic acids is 1. The molecule has 1 unspecified atom stereocenters. The molecule has 0 aromatic heterocycles. The van der Waals surface area contributed by atoms with Crippen LogP contribution in [0.15, 0.2) is 12.7 Å². The van der Waals surface area contributed by atoms with E-state index >= 15 is 0 Å². The zero-order chi connectivity index (χ0) is 27.6. The van der Waals surface area contributed by atoms with Gasteiger partial charge in [0.05, 0.1) is 12.5 Å². The Hall–Kier alpha value is -3.24. The number of carboxylic acid groups (broad SMARTS) is 1. The first-order valence-electron chi connectivity index (χ1n) is 12.3. The molecule has 11 heteroatoms. The van der Waals surface area contributed by atoms with Crippen molar-refractivity contribution in [1.29, 1.82) is 0 Å². The van der Waals surface area contributed by atoms with E-state index < -0.39 is 47.9 Å². The molecule has 0 saturated carbocycles. The average molecular weight is 509 g/mol. The molecule has 11 nitrogen and oxygen atoms in total. The Morgan fingerprint density at radius 3 is 2.06 bits per heavy atom. The van der Waals surface area contributed by atoms with E-state index in [0.29, 0.717) is 0 Å². The van der Waals surface area contributed by atoms with Crippen molar-refractivity contribution in [2.75, 3.05) is 6.54 Å². The van der Waals surface area contributed by atoms with Gasteiger partial charge in [-0.05, 0) is 31.6 Å². The summed E-state index contributed by atoms with van der Waals surface area (Å²) in [5.74, 6) is -3.41. The highest BCUT2D eigenvalue weighted by Gasteiger charge is 2.36. The molecule has 4 amide bonds. The van der Waals surface area contributed by atoms with Crippen molar-refractivity contribution in [3.8, 4) is 0 Å². The number of nitrogens with one attached hydrogen (secondary N) is 3. The molecule has 36 heavy (non-hydrogen) atoms. The Morgan fingerprint density at radius 2 is 1.53 bits per heavy atom. The van der Waals surface area contributed by atoms with Crippen LogP contribution < -0.4 is 16.0 Å². The molecular formula is C25H40N4O7. The number of carbonyl (C=O) groups excluding carboxylic acids is 5. The van der Waals surface area contributed by atoms with Crippen molar-refractivity contribution in [1.82, 2.24) is 20.9 Å². The second kappa shape index (κ2) is 14.4. The van der Waals surface area contributed by atoms with Gasteiger partial charge in [0.25, 0.3) is 0 Å². The number of piperidine rings is 1. The second-order valence-electron chi connectivity index (χ2n) is 10.0. The number of likely N-dealkylation sites (tertiary alicyclic amines) is 1. The van der Waals surface area contributed by atoms with Crippen molar-refractivity contribution in [3.63, 3.8) is 0 Å². The molecule has 0 aromatic carbocycles. The van der Waals surface area contributed by atoms with Crippen LogP contribution in [0.1, 0.15) is 66.7 Å². The van der Waals surface area contributed by atoms with E-state index in [2.05, 4.69) is 22.5 Å². The number of carboxylic acids is 1. The van der Waals surface area contributed by atoms with E-state index in [9.17, 15) is 33.9 Å². The van der Waals surface area contributed by atoms with Crippen molar-refractivity contribution in [2.24, 2.45) is 11.8 Å². The fourth-order valence-electron chi connectivity index (χ4n) is 3.98. The molecule has 1 aliphatic heterocycles. The number of Topliss-reactive ketones (excluding diaryl/α,β-unsaturated/α-hetero) is 1. The number of amides is 4. The van der Waals surface area contributed by atoms with Gasteiger partial charge in [0.2, 0.25) is 23.6 Å². The summed E-state index contributed by atoms with van der Waals surface area (Å²) in [5, 5.41) is 16.9. The minimum atomic E-state index is -1.17. The Kier molecular flexibility index (Phi) is 12.3. The topological polar surface area (TPSA) is 162 Å². The Morgan fingerprint density at radius 1 is 0.944 bits per heavy atom. The highest BCUT2D eigenvalue weighted by Crippen LogP contribution is 2.18. The largest absolute Gasteiger partial charge is 0.480 e. The van der Waals surface area contributed by atoms with Crippen LogP contribution in [0.2, 0.25) is 0 Å². The molecule has 1 heterocycles. The quantitative estimate of drug-likeness (QED) is 0.252. The Balaban J connectivity index is 2.86. The van der Waals surface area contributed by atoms with Crippen LogP contribution in [-0.2, 0) is 28.8 Å². The maximum absolute atomic E-state index is 12.9. The van der Waals surface area contributed by atoms with E-state index in [0.717, 1.165) is 0 Å². The monoisotopic (exact) mass is 508 g/mol. The summed E-state index contributed by atoms with van der Waals surface area (Å²) in [5.41, 5.74) is 0. The van der Waals surface area contributed by atoms with Crippen LogP contribution in [0.4, 0.5) is 0 Å². The van der Waals surface area contributed by atoms with Crippen molar-refractivity contribution >= 4 is 35.4 Å². The van der Waals surface area contributed by atoms with E-state index in [1.165, 1.54) is 17.9 Å². The number of ketones is 1. The molecule has 0 aliphatic carbocycles. The van der Waals surface area contributed by atoms with Gasteiger partial charge in [0.1, 0.15) is 18.1 Å². The predicted octanol–water partition coefficient (Wildman–Crippen LogP) is 0.774. The second-order valence-corrected chi connectivity index (χ2v) is 10.0. The lowest BCUT2D eigenvalue weighted by Crippen LogP contribution is -2.56. The van der Waals surface area contributed by atoms with Crippen molar-refractivity contribution in [2.45, 2.75) is 90.9 Å². The first kappa shape index (κ1) is 30.8. The summed E-state index contributed by atoms with van der Waals surface area (Å²) in [6, 6.07) is -4.04. The molecule has 4 atom stereocenters.